The van der Waals surface area contributed by atoms with Crippen molar-refractivity contribution < 1.29 is 14.2 Å². The Morgan fingerprint density at radius 1 is 1.12 bits per heavy atom. The van der Waals surface area contributed by atoms with Gasteiger partial charge in [-0.25, -0.2) is 4.68 Å². The van der Waals surface area contributed by atoms with Crippen LogP contribution in [0.1, 0.15) is 49.9 Å². The molecule has 0 radical (unpaired) electrons. The van der Waals surface area contributed by atoms with Crippen LogP contribution in [0.5, 0.6) is 11.5 Å². The smallest absolute Gasteiger partial charge is 0.150 e. The maximum atomic E-state index is 6.18. The lowest BCUT2D eigenvalue weighted by molar-refractivity contribution is -0.0366. The number of benzene rings is 2. The molecule has 0 spiro atoms. The van der Waals surface area contributed by atoms with Gasteiger partial charge in [-0.1, -0.05) is 30.4 Å². The Balaban J connectivity index is 1.15. The predicted octanol–water partition coefficient (Wildman–Crippen LogP) is 5.94. The topological polar surface area (TPSA) is 57.5 Å². The number of aromatic nitrogens is 2. The van der Waals surface area contributed by atoms with Crippen molar-refractivity contribution in [1.29, 1.82) is 0 Å². The number of hydrogen-bond acceptors (Lipinski definition) is 5. The normalized spacial score (nSPS) is 22.2. The van der Waals surface area contributed by atoms with Gasteiger partial charge in [-0.2, -0.15) is 5.10 Å². The highest BCUT2D eigenvalue weighted by molar-refractivity contribution is 5.86. The van der Waals surface area contributed by atoms with Gasteiger partial charge >= 0.3 is 0 Å². The zero-order chi connectivity index (χ0) is 22.0. The first-order valence-electron chi connectivity index (χ1n) is 11.9. The van der Waals surface area contributed by atoms with E-state index in [-0.39, 0.29) is 12.3 Å². The molecule has 1 N–H and O–H groups in total. The maximum Gasteiger partial charge on any atom is 0.150 e. The number of nitrogens with zero attached hydrogens (tertiary/aromatic N) is 2. The highest BCUT2D eigenvalue weighted by atomic mass is 16.5. The molecular weight excluding hydrogens is 414 g/mol. The molecule has 1 aromatic heterocycles. The molecule has 1 aliphatic carbocycles. The lowest BCUT2D eigenvalue weighted by Gasteiger charge is -2.28. The van der Waals surface area contributed by atoms with E-state index in [0.29, 0.717) is 13.2 Å². The van der Waals surface area contributed by atoms with E-state index in [1.165, 1.54) is 17.6 Å². The summed E-state index contributed by atoms with van der Waals surface area (Å²) in [7, 11) is 0. The van der Waals surface area contributed by atoms with E-state index >= 15 is 0 Å². The first kappa shape index (κ1) is 20.4. The number of rotatable bonds is 5. The molecule has 2 aromatic carbocycles. The van der Waals surface area contributed by atoms with Crippen LogP contribution >= 0.6 is 0 Å². The molecule has 6 rings (SSSR count). The minimum Gasteiger partial charge on any atom is -0.489 e. The molecule has 0 amide bonds. The zero-order valence-corrected chi connectivity index (χ0v) is 18.7. The molecule has 3 aromatic rings. The minimum atomic E-state index is 0.0183. The van der Waals surface area contributed by atoms with Crippen molar-refractivity contribution in [2.75, 3.05) is 25.1 Å². The van der Waals surface area contributed by atoms with Crippen LogP contribution in [-0.2, 0) is 4.74 Å². The van der Waals surface area contributed by atoms with E-state index in [1.54, 1.807) is 0 Å². The molecule has 6 heteroatoms. The van der Waals surface area contributed by atoms with Gasteiger partial charge in [0.2, 0.25) is 0 Å². The van der Waals surface area contributed by atoms with Gasteiger partial charge in [-0.3, -0.25) is 0 Å². The van der Waals surface area contributed by atoms with Crippen molar-refractivity contribution >= 4 is 16.6 Å². The van der Waals surface area contributed by atoms with Gasteiger partial charge in [0.25, 0.3) is 0 Å². The van der Waals surface area contributed by atoms with Crippen LogP contribution in [0, 0.1) is 0 Å². The molecule has 1 saturated heterocycles. The molecule has 170 valence electrons. The Hall–Kier alpha value is -3.25. The number of ether oxygens (including phenoxy) is 3. The molecule has 6 nitrogen and oxygen atoms in total. The Labute approximate surface area is 193 Å². The zero-order valence-electron chi connectivity index (χ0n) is 18.7. The Kier molecular flexibility index (Phi) is 5.52. The summed E-state index contributed by atoms with van der Waals surface area (Å²) in [6.07, 6.45) is 14.1. The van der Waals surface area contributed by atoms with Gasteiger partial charge in [0, 0.05) is 18.1 Å². The van der Waals surface area contributed by atoms with Crippen LogP contribution in [0.15, 0.2) is 66.4 Å². The van der Waals surface area contributed by atoms with Crippen LogP contribution in [0.3, 0.4) is 0 Å². The molecular formula is C27H29N3O3. The molecule has 0 bridgehead atoms. The lowest BCUT2D eigenvalue weighted by atomic mass is 10.0. The molecule has 1 fully saturated rings. The average Bonchev–Trinajstić information content (AvgIpc) is 3.30. The fraction of sp³-hybridized carbons (Fsp3) is 0.370. The summed E-state index contributed by atoms with van der Waals surface area (Å²) < 4.78 is 20.1. The Morgan fingerprint density at radius 2 is 2.06 bits per heavy atom. The van der Waals surface area contributed by atoms with Crippen molar-refractivity contribution in [3.8, 4) is 11.5 Å². The number of anilines is 1. The summed E-state index contributed by atoms with van der Waals surface area (Å²) >= 11 is 0. The van der Waals surface area contributed by atoms with Gasteiger partial charge in [-0.05, 0) is 61.4 Å². The molecule has 1 unspecified atom stereocenters. The van der Waals surface area contributed by atoms with Gasteiger partial charge in [0.1, 0.15) is 24.7 Å². The summed E-state index contributed by atoms with van der Waals surface area (Å²) in [5, 5.41) is 9.35. The number of nitrogens with one attached hydrogen (secondary N) is 1. The van der Waals surface area contributed by atoms with Gasteiger partial charge < -0.3 is 19.5 Å². The maximum absolute atomic E-state index is 6.18. The molecule has 0 saturated carbocycles. The lowest BCUT2D eigenvalue weighted by Crippen LogP contribution is -2.24. The van der Waals surface area contributed by atoms with Gasteiger partial charge in [0.15, 0.2) is 6.23 Å². The van der Waals surface area contributed by atoms with Crippen LogP contribution in [0.25, 0.3) is 10.9 Å². The highest BCUT2D eigenvalue weighted by Crippen LogP contribution is 2.38. The first-order chi connectivity index (χ1) is 16.3. The molecule has 2 aliphatic heterocycles. The third kappa shape index (κ3) is 4.23. The van der Waals surface area contributed by atoms with Crippen molar-refractivity contribution in [3.63, 3.8) is 0 Å². The SMILES string of the molecule is C1=CC(COc2ccc([C@@H]3COc4cc5c(cnn5C5CCCCO5)cc4N3)cc2)=CCC1. The van der Waals surface area contributed by atoms with Crippen molar-refractivity contribution in [2.24, 2.45) is 0 Å². The second-order valence-corrected chi connectivity index (χ2v) is 8.94. The first-order valence-corrected chi connectivity index (χ1v) is 11.9. The summed E-state index contributed by atoms with van der Waals surface area (Å²) in [4.78, 5) is 0. The number of allylic oxidation sites excluding steroid dienone is 2. The average molecular weight is 444 g/mol. The largest absolute Gasteiger partial charge is 0.489 e. The van der Waals surface area contributed by atoms with Gasteiger partial charge in [-0.15, -0.1) is 0 Å². The summed E-state index contributed by atoms with van der Waals surface area (Å²) in [5.74, 6) is 1.75. The monoisotopic (exact) mass is 443 g/mol. The molecule has 3 aliphatic rings. The van der Waals surface area contributed by atoms with Crippen LogP contribution in [0.4, 0.5) is 5.69 Å². The fourth-order valence-electron chi connectivity index (χ4n) is 4.77. The third-order valence-electron chi connectivity index (χ3n) is 6.62. The van der Waals surface area contributed by atoms with Crippen molar-refractivity contribution in [2.45, 2.75) is 44.4 Å². The second kappa shape index (κ2) is 8.94. The standard InChI is InChI=1S/C27H29N3O3/c1-2-6-19(7-3-1)17-32-22-11-9-20(10-12-22)24-18-33-26-15-25-21(14-23(26)29-24)16-28-30(25)27-8-4-5-13-31-27/h2,6-7,9-12,14-16,24,27,29H,1,3-5,8,13,17-18H2/t24-,27?/m0/s1. The van der Waals surface area contributed by atoms with Crippen LogP contribution in [0.2, 0.25) is 0 Å². The van der Waals surface area contributed by atoms with E-state index in [4.69, 9.17) is 14.2 Å². The van der Waals surface area contributed by atoms with E-state index in [1.807, 2.05) is 23.0 Å². The van der Waals surface area contributed by atoms with E-state index in [0.717, 1.165) is 60.4 Å². The van der Waals surface area contributed by atoms with Crippen molar-refractivity contribution in [3.05, 3.63) is 72.0 Å². The van der Waals surface area contributed by atoms with Gasteiger partial charge in [0.05, 0.1) is 23.4 Å². The summed E-state index contributed by atoms with van der Waals surface area (Å²) in [6.45, 7) is 1.99. The minimum absolute atomic E-state index is 0.0183. The second-order valence-electron chi connectivity index (χ2n) is 8.94. The fourth-order valence-corrected chi connectivity index (χ4v) is 4.77. The van der Waals surface area contributed by atoms with Crippen LogP contribution in [-0.4, -0.2) is 29.6 Å². The van der Waals surface area contributed by atoms with E-state index in [9.17, 15) is 0 Å². The molecule has 2 atom stereocenters. The number of hydrogen-bond donors (Lipinski definition) is 1. The van der Waals surface area contributed by atoms with E-state index in [2.05, 4.69) is 52.9 Å². The Bertz CT molecular complexity index is 1190. The van der Waals surface area contributed by atoms with Crippen molar-refractivity contribution in [1.82, 2.24) is 9.78 Å². The van der Waals surface area contributed by atoms with Crippen LogP contribution < -0.4 is 14.8 Å². The highest BCUT2D eigenvalue weighted by Gasteiger charge is 2.24. The van der Waals surface area contributed by atoms with E-state index < -0.39 is 0 Å². The number of fused-ring (bicyclic) bond motifs is 2. The summed E-state index contributed by atoms with van der Waals surface area (Å²) in [5.41, 5.74) is 4.48. The molecule has 3 heterocycles. The predicted molar refractivity (Wildman–Crippen MR) is 129 cm³/mol. The molecule has 33 heavy (non-hydrogen) atoms. The summed E-state index contributed by atoms with van der Waals surface area (Å²) in [6, 6.07) is 12.6. The third-order valence-corrected chi connectivity index (χ3v) is 6.62. The Morgan fingerprint density at radius 3 is 2.88 bits per heavy atom. The quantitative estimate of drug-likeness (QED) is 0.529.